The lowest BCUT2D eigenvalue weighted by Gasteiger charge is -2.33. The lowest BCUT2D eigenvalue weighted by Crippen LogP contribution is -2.28. The molecule has 2 heterocycles. The molecule has 1 atom stereocenters. The molecule has 1 aromatic carbocycles. The van der Waals surface area contributed by atoms with Crippen molar-refractivity contribution in [3.05, 3.63) is 53.6 Å². The van der Waals surface area contributed by atoms with E-state index in [0.717, 1.165) is 24.8 Å². The Morgan fingerprint density at radius 1 is 1.21 bits per heavy atom. The Kier molecular flexibility index (Phi) is 5.24. The van der Waals surface area contributed by atoms with Gasteiger partial charge in [-0.25, -0.2) is 4.68 Å². The third-order valence-corrected chi connectivity index (χ3v) is 7.95. The molecular weight excluding hydrogens is 437 g/mol. The van der Waals surface area contributed by atoms with E-state index in [1.165, 1.54) is 9.56 Å². The van der Waals surface area contributed by atoms with Gasteiger partial charge in [0.15, 0.2) is 4.83 Å². The van der Waals surface area contributed by atoms with Gasteiger partial charge in [0.1, 0.15) is 0 Å². The molecule has 0 aliphatic heterocycles. The van der Waals surface area contributed by atoms with Crippen LogP contribution < -0.4 is 5.56 Å². The lowest BCUT2D eigenvalue weighted by molar-refractivity contribution is 0.218. The van der Waals surface area contributed by atoms with E-state index in [1.54, 1.807) is 23.5 Å². The summed E-state index contributed by atoms with van der Waals surface area (Å²) in [5.74, 6) is 0.604. The van der Waals surface area contributed by atoms with Gasteiger partial charge in [0.05, 0.1) is 22.0 Å². The number of hydrogen-bond acceptors (Lipinski definition) is 4. The number of hydrogen-bond donors (Lipinski definition) is 0. The number of aromatic nitrogens is 3. The summed E-state index contributed by atoms with van der Waals surface area (Å²) < 4.78 is 1.33. The monoisotopic (exact) mass is 455 g/mol. The van der Waals surface area contributed by atoms with E-state index >= 15 is 0 Å². The van der Waals surface area contributed by atoms with Gasteiger partial charge in [0, 0.05) is 15.5 Å². The number of rotatable bonds is 2. The molecule has 0 amide bonds. The van der Waals surface area contributed by atoms with Crippen molar-refractivity contribution in [1.82, 2.24) is 15.0 Å². The molecule has 0 fully saturated rings. The lowest BCUT2D eigenvalue weighted by atomic mass is 9.72. The molecule has 1 aliphatic carbocycles. The van der Waals surface area contributed by atoms with Gasteiger partial charge in [0.2, 0.25) is 0 Å². The minimum Gasteiger partial charge on any atom is -0.267 e. The first-order chi connectivity index (χ1) is 13.2. The van der Waals surface area contributed by atoms with Gasteiger partial charge in [-0.1, -0.05) is 60.8 Å². The van der Waals surface area contributed by atoms with E-state index in [0.29, 0.717) is 36.8 Å². The zero-order valence-electron chi connectivity index (χ0n) is 15.9. The molecule has 8 heteroatoms. The van der Waals surface area contributed by atoms with Crippen molar-refractivity contribution < 1.29 is 0 Å². The second-order valence-corrected chi connectivity index (χ2v) is 10.6. The van der Waals surface area contributed by atoms with E-state index in [-0.39, 0.29) is 17.5 Å². The summed E-state index contributed by atoms with van der Waals surface area (Å²) in [6, 6.07) is 3.30. The fourth-order valence-electron chi connectivity index (χ4n) is 3.83. The first-order valence-electron chi connectivity index (χ1n) is 9.17. The van der Waals surface area contributed by atoms with E-state index in [4.69, 9.17) is 34.8 Å². The molecule has 2 aromatic heterocycles. The largest absolute Gasteiger partial charge is 0.279 e. The van der Waals surface area contributed by atoms with Crippen LogP contribution in [0.25, 0.3) is 10.2 Å². The van der Waals surface area contributed by atoms with E-state index in [9.17, 15) is 4.79 Å². The second-order valence-electron chi connectivity index (χ2n) is 8.36. The van der Waals surface area contributed by atoms with Crippen molar-refractivity contribution in [3.8, 4) is 0 Å². The molecule has 0 saturated heterocycles. The summed E-state index contributed by atoms with van der Waals surface area (Å²) in [7, 11) is 0. The smallest absolute Gasteiger partial charge is 0.267 e. The number of thiophene rings is 1. The highest BCUT2D eigenvalue weighted by Gasteiger charge is 2.32. The van der Waals surface area contributed by atoms with Crippen molar-refractivity contribution in [2.45, 2.75) is 46.6 Å². The first-order valence-corrected chi connectivity index (χ1v) is 11.1. The summed E-state index contributed by atoms with van der Waals surface area (Å²) in [5, 5.41) is 10.3. The van der Waals surface area contributed by atoms with Gasteiger partial charge >= 0.3 is 0 Å². The normalized spacial score (nSPS) is 17.1. The van der Waals surface area contributed by atoms with Crippen LogP contribution in [-0.2, 0) is 19.4 Å². The van der Waals surface area contributed by atoms with Crippen molar-refractivity contribution in [2.75, 3.05) is 0 Å². The number of halogens is 3. The third-order valence-electron chi connectivity index (χ3n) is 5.61. The van der Waals surface area contributed by atoms with E-state index < -0.39 is 0 Å². The van der Waals surface area contributed by atoms with Crippen LogP contribution in [0.1, 0.15) is 43.2 Å². The highest BCUT2D eigenvalue weighted by atomic mass is 35.5. The van der Waals surface area contributed by atoms with Gasteiger partial charge in [-0.05, 0) is 48.3 Å². The fourth-order valence-corrected chi connectivity index (χ4v) is 5.74. The van der Waals surface area contributed by atoms with Gasteiger partial charge in [-0.15, -0.1) is 16.4 Å². The van der Waals surface area contributed by atoms with Crippen LogP contribution in [0.4, 0.5) is 0 Å². The van der Waals surface area contributed by atoms with Crippen molar-refractivity contribution in [3.63, 3.8) is 0 Å². The summed E-state index contributed by atoms with van der Waals surface area (Å²) in [4.78, 5) is 15.2. The Balaban J connectivity index is 1.77. The maximum atomic E-state index is 13.2. The maximum absolute atomic E-state index is 13.2. The number of benzene rings is 1. The molecule has 0 N–H and O–H groups in total. The van der Waals surface area contributed by atoms with Crippen LogP contribution in [0, 0.1) is 11.3 Å². The number of nitrogens with zero attached hydrogens (tertiary/aromatic N) is 3. The minimum absolute atomic E-state index is 0.134. The predicted molar refractivity (Wildman–Crippen MR) is 117 cm³/mol. The molecular formula is C20H20Cl3N3OS. The Hall–Kier alpha value is -1.14. The fraction of sp³-hybridized carbons (Fsp3) is 0.450. The number of fused-ring (bicyclic) bond motifs is 3. The molecule has 4 rings (SSSR count). The summed E-state index contributed by atoms with van der Waals surface area (Å²) in [5.41, 5.74) is 1.81. The summed E-state index contributed by atoms with van der Waals surface area (Å²) in [6.07, 6.45) is 2.97. The molecule has 3 aromatic rings. The topological polar surface area (TPSA) is 47.8 Å². The van der Waals surface area contributed by atoms with Crippen LogP contribution >= 0.6 is 46.1 Å². The summed E-state index contributed by atoms with van der Waals surface area (Å²) in [6.45, 7) is 6.97. The third kappa shape index (κ3) is 3.47. The van der Waals surface area contributed by atoms with Crippen LogP contribution in [0.15, 0.2) is 16.9 Å². The van der Waals surface area contributed by atoms with Gasteiger partial charge < -0.3 is 0 Å². The SMILES string of the molecule is CC(C)(C)[C@H]1CCc2c(sc3nnn(Cc4c(Cl)ccc(Cl)c4Cl)c(=O)c23)C1. The van der Waals surface area contributed by atoms with E-state index in [1.807, 2.05) is 0 Å². The number of aryl methyl sites for hydroxylation is 1. The Bertz CT molecular complexity index is 1130. The molecule has 0 bridgehead atoms. The van der Waals surface area contributed by atoms with Crippen molar-refractivity contribution in [1.29, 1.82) is 0 Å². The molecule has 0 unspecified atom stereocenters. The van der Waals surface area contributed by atoms with Crippen molar-refractivity contribution >= 4 is 56.4 Å². The van der Waals surface area contributed by atoms with Crippen LogP contribution in [0.3, 0.4) is 0 Å². The van der Waals surface area contributed by atoms with Gasteiger partial charge in [-0.3, -0.25) is 4.79 Å². The zero-order valence-corrected chi connectivity index (χ0v) is 18.9. The molecule has 0 radical (unpaired) electrons. The van der Waals surface area contributed by atoms with Crippen LogP contribution in [0.5, 0.6) is 0 Å². The predicted octanol–water partition coefficient (Wildman–Crippen LogP) is 6.01. The molecule has 148 valence electrons. The van der Waals surface area contributed by atoms with Gasteiger partial charge in [0.25, 0.3) is 5.56 Å². The maximum Gasteiger partial charge on any atom is 0.279 e. The average Bonchev–Trinajstić information content (AvgIpc) is 3.01. The van der Waals surface area contributed by atoms with Crippen LogP contribution in [-0.4, -0.2) is 15.0 Å². The first kappa shape index (κ1) is 20.1. The van der Waals surface area contributed by atoms with Gasteiger partial charge in [-0.2, -0.15) is 0 Å². The van der Waals surface area contributed by atoms with Crippen LogP contribution in [0.2, 0.25) is 15.1 Å². The Labute approximate surface area is 182 Å². The average molecular weight is 457 g/mol. The highest BCUT2D eigenvalue weighted by Crippen LogP contribution is 2.42. The molecule has 4 nitrogen and oxygen atoms in total. The quantitative estimate of drug-likeness (QED) is 0.443. The minimum atomic E-state index is -0.149. The molecule has 28 heavy (non-hydrogen) atoms. The molecule has 1 aliphatic rings. The molecule has 0 spiro atoms. The zero-order chi connectivity index (χ0) is 20.2. The highest BCUT2D eigenvalue weighted by molar-refractivity contribution is 7.18. The molecule has 0 saturated carbocycles. The Morgan fingerprint density at radius 3 is 2.64 bits per heavy atom. The van der Waals surface area contributed by atoms with E-state index in [2.05, 4.69) is 31.1 Å². The van der Waals surface area contributed by atoms with Crippen molar-refractivity contribution in [2.24, 2.45) is 11.3 Å². The Morgan fingerprint density at radius 2 is 1.93 bits per heavy atom. The second kappa shape index (κ2) is 7.28. The standard InChI is InChI=1S/C20H20Cl3N3OS/c1-20(2,3)10-4-5-11-15(8-10)28-18-16(11)19(27)26(25-24-18)9-12-13(21)6-7-14(22)17(12)23/h6-7,10H,4-5,8-9H2,1-3H3/t10-/m0/s1. The summed E-state index contributed by atoms with van der Waals surface area (Å²) >= 11 is 20.3.